The van der Waals surface area contributed by atoms with Gasteiger partial charge in [0.2, 0.25) is 5.91 Å². The zero-order valence-corrected chi connectivity index (χ0v) is 18.1. The minimum absolute atomic E-state index is 0.00137. The van der Waals surface area contributed by atoms with Crippen molar-refractivity contribution in [3.8, 4) is 0 Å². The van der Waals surface area contributed by atoms with Crippen LogP contribution >= 0.6 is 11.3 Å². The summed E-state index contributed by atoms with van der Waals surface area (Å²) >= 11 is 1.58. The van der Waals surface area contributed by atoms with Crippen molar-refractivity contribution in [2.24, 2.45) is 18.9 Å². The number of thiophene rings is 1. The molecule has 5 rings (SSSR count). The summed E-state index contributed by atoms with van der Waals surface area (Å²) < 4.78 is 8.37. The Morgan fingerprint density at radius 3 is 2.73 bits per heavy atom. The molecular formula is C22H27N3O4S. The van der Waals surface area contributed by atoms with Crippen LogP contribution in [0.15, 0.2) is 29.8 Å². The molecule has 2 amide bonds. The fourth-order valence-corrected chi connectivity index (χ4v) is 6.15. The molecule has 2 bridgehead atoms. The van der Waals surface area contributed by atoms with Gasteiger partial charge in [0.05, 0.1) is 31.2 Å². The van der Waals surface area contributed by atoms with Crippen LogP contribution < -0.4 is 0 Å². The summed E-state index contributed by atoms with van der Waals surface area (Å²) in [5, 5.41) is 12.1. The van der Waals surface area contributed by atoms with E-state index in [1.807, 2.05) is 58.1 Å². The second-order valence-corrected chi connectivity index (χ2v) is 9.85. The first-order chi connectivity index (χ1) is 14.4. The highest BCUT2D eigenvalue weighted by atomic mass is 32.1. The third kappa shape index (κ3) is 3.01. The number of aromatic nitrogens is 1. The van der Waals surface area contributed by atoms with Crippen LogP contribution in [0.2, 0.25) is 0 Å². The first-order valence-electron chi connectivity index (χ1n) is 10.4. The predicted octanol–water partition coefficient (Wildman–Crippen LogP) is 1.30. The molecule has 3 aliphatic heterocycles. The molecule has 7 nitrogen and oxygen atoms in total. The molecule has 2 aromatic rings. The van der Waals surface area contributed by atoms with Crippen molar-refractivity contribution < 1.29 is 19.4 Å². The van der Waals surface area contributed by atoms with Crippen LogP contribution in [-0.2, 0) is 23.0 Å². The van der Waals surface area contributed by atoms with E-state index in [0.717, 1.165) is 10.6 Å². The van der Waals surface area contributed by atoms with Gasteiger partial charge in [0.15, 0.2) is 0 Å². The summed E-state index contributed by atoms with van der Waals surface area (Å²) in [5.41, 5.74) is 1.06. The van der Waals surface area contributed by atoms with Gasteiger partial charge in [-0.25, -0.2) is 0 Å². The highest BCUT2D eigenvalue weighted by molar-refractivity contribution is 7.10. The molecule has 0 unspecified atom stereocenters. The summed E-state index contributed by atoms with van der Waals surface area (Å²) in [6.07, 6.45) is 2.10. The predicted molar refractivity (Wildman–Crippen MR) is 112 cm³/mol. The summed E-state index contributed by atoms with van der Waals surface area (Å²) in [7, 11) is 1.93. The number of carbonyl (C=O) groups excluding carboxylic acids is 2. The van der Waals surface area contributed by atoms with Gasteiger partial charge in [0.25, 0.3) is 5.91 Å². The standard InChI is InChI=1S/C22H27N3O4S/c1-14-16(5-6-23(14)2)21(28)25-10-19-17(11-26)18-9-24(12-22(18,13-25)29-19)20(27)8-15-4-3-7-30-15/h3-7,17-19,26H,8-13H2,1-2H3/t17-,18+,19+,22-/m0/s1. The maximum atomic E-state index is 13.3. The highest BCUT2D eigenvalue weighted by Gasteiger charge is 2.63. The number of aliphatic hydroxyl groups excluding tert-OH is 1. The lowest BCUT2D eigenvalue weighted by Gasteiger charge is -2.40. The fraction of sp³-hybridized carbons (Fsp3) is 0.545. The third-order valence-corrected chi connectivity index (χ3v) is 8.04. The summed E-state index contributed by atoms with van der Waals surface area (Å²) in [4.78, 5) is 31.0. The van der Waals surface area contributed by atoms with Crippen molar-refractivity contribution in [3.63, 3.8) is 0 Å². The lowest BCUT2D eigenvalue weighted by molar-refractivity contribution is -0.135. The number of ether oxygens (including phenoxy) is 1. The van der Waals surface area contributed by atoms with Gasteiger partial charge in [-0.15, -0.1) is 11.3 Å². The zero-order valence-electron chi connectivity index (χ0n) is 17.3. The number of amides is 2. The molecule has 3 fully saturated rings. The van der Waals surface area contributed by atoms with E-state index in [4.69, 9.17) is 4.74 Å². The van der Waals surface area contributed by atoms with Crippen molar-refractivity contribution in [1.82, 2.24) is 14.4 Å². The molecule has 1 spiro atoms. The number of rotatable bonds is 4. The van der Waals surface area contributed by atoms with Crippen molar-refractivity contribution in [3.05, 3.63) is 45.9 Å². The van der Waals surface area contributed by atoms with Crippen LogP contribution in [0.3, 0.4) is 0 Å². The third-order valence-electron chi connectivity index (χ3n) is 7.16. The Morgan fingerprint density at radius 1 is 1.27 bits per heavy atom. The van der Waals surface area contributed by atoms with Gasteiger partial charge in [-0.2, -0.15) is 0 Å². The number of hydrogen-bond donors (Lipinski definition) is 1. The second kappa shape index (κ2) is 7.21. The smallest absolute Gasteiger partial charge is 0.255 e. The van der Waals surface area contributed by atoms with E-state index < -0.39 is 5.60 Å². The number of morpholine rings is 1. The van der Waals surface area contributed by atoms with Crippen molar-refractivity contribution >= 4 is 23.2 Å². The number of fused-ring (bicyclic) bond motifs is 1. The fourth-order valence-electron chi connectivity index (χ4n) is 5.46. The van der Waals surface area contributed by atoms with E-state index in [2.05, 4.69) is 0 Å². The molecule has 0 saturated carbocycles. The van der Waals surface area contributed by atoms with E-state index in [1.54, 1.807) is 11.3 Å². The quantitative estimate of drug-likeness (QED) is 0.795. The van der Waals surface area contributed by atoms with Gasteiger partial charge in [-0.3, -0.25) is 9.59 Å². The highest BCUT2D eigenvalue weighted by Crippen LogP contribution is 2.49. The van der Waals surface area contributed by atoms with Gasteiger partial charge in [-0.1, -0.05) is 6.07 Å². The monoisotopic (exact) mass is 429 g/mol. The molecule has 0 aromatic carbocycles. The number of carbonyl (C=O) groups is 2. The molecule has 0 radical (unpaired) electrons. The van der Waals surface area contributed by atoms with Gasteiger partial charge in [0, 0.05) is 55.3 Å². The van der Waals surface area contributed by atoms with Gasteiger partial charge < -0.3 is 24.2 Å². The molecule has 4 atom stereocenters. The van der Waals surface area contributed by atoms with Crippen molar-refractivity contribution in [1.29, 1.82) is 0 Å². The van der Waals surface area contributed by atoms with Crippen LogP contribution in [0.25, 0.3) is 0 Å². The topological polar surface area (TPSA) is 75.0 Å². The maximum Gasteiger partial charge on any atom is 0.255 e. The van der Waals surface area contributed by atoms with Crippen LogP contribution in [0.1, 0.15) is 20.9 Å². The second-order valence-electron chi connectivity index (χ2n) is 8.82. The molecule has 3 aliphatic rings. The Morgan fingerprint density at radius 2 is 2.07 bits per heavy atom. The molecule has 8 heteroatoms. The number of aryl methyl sites for hydroxylation is 1. The van der Waals surface area contributed by atoms with E-state index in [0.29, 0.717) is 38.2 Å². The lowest BCUT2D eigenvalue weighted by Crippen LogP contribution is -2.56. The first kappa shape index (κ1) is 19.8. The van der Waals surface area contributed by atoms with Gasteiger partial charge in [-0.05, 0) is 24.4 Å². The van der Waals surface area contributed by atoms with Crippen LogP contribution in [0.4, 0.5) is 0 Å². The van der Waals surface area contributed by atoms with Crippen LogP contribution in [0, 0.1) is 18.8 Å². The number of hydrogen-bond acceptors (Lipinski definition) is 5. The lowest BCUT2D eigenvalue weighted by atomic mass is 9.83. The van der Waals surface area contributed by atoms with Crippen LogP contribution in [-0.4, -0.2) is 75.8 Å². The number of nitrogens with zero attached hydrogens (tertiary/aromatic N) is 3. The molecule has 30 heavy (non-hydrogen) atoms. The minimum Gasteiger partial charge on any atom is -0.396 e. The Hall–Kier alpha value is -2.16. The molecule has 1 N–H and O–H groups in total. The number of likely N-dealkylation sites (tertiary alicyclic amines) is 2. The van der Waals surface area contributed by atoms with Crippen LogP contribution in [0.5, 0.6) is 0 Å². The number of aliphatic hydroxyl groups is 1. The van der Waals surface area contributed by atoms with Gasteiger partial charge in [0.1, 0.15) is 5.60 Å². The maximum absolute atomic E-state index is 13.3. The molecule has 5 heterocycles. The zero-order chi connectivity index (χ0) is 21.0. The van der Waals surface area contributed by atoms with E-state index in [9.17, 15) is 14.7 Å². The Kier molecular flexibility index (Phi) is 4.76. The Balaban J connectivity index is 1.38. The summed E-state index contributed by atoms with van der Waals surface area (Å²) in [6.45, 7) is 3.96. The van der Waals surface area contributed by atoms with Crippen molar-refractivity contribution in [2.45, 2.75) is 25.0 Å². The van der Waals surface area contributed by atoms with E-state index in [-0.39, 0.29) is 36.4 Å². The first-order valence-corrected chi connectivity index (χ1v) is 11.3. The average Bonchev–Trinajstić information content (AvgIpc) is 3.46. The van der Waals surface area contributed by atoms with Gasteiger partial charge >= 0.3 is 0 Å². The molecule has 3 saturated heterocycles. The minimum atomic E-state index is -0.584. The van der Waals surface area contributed by atoms with E-state index in [1.165, 1.54) is 0 Å². The summed E-state index contributed by atoms with van der Waals surface area (Å²) in [6, 6.07) is 5.79. The average molecular weight is 430 g/mol. The van der Waals surface area contributed by atoms with Crippen molar-refractivity contribution in [2.75, 3.05) is 32.8 Å². The Labute approximate surface area is 179 Å². The molecule has 2 aromatic heterocycles. The largest absolute Gasteiger partial charge is 0.396 e. The summed E-state index contributed by atoms with van der Waals surface area (Å²) in [5.74, 6) is 0.0792. The Bertz CT molecular complexity index is 971. The molecule has 0 aliphatic carbocycles. The SMILES string of the molecule is Cc1c(C(=O)N2C[C@H]3O[C@@]4(CN(C(=O)Cc5cccs5)C[C@@H]4[C@@H]3CO)C2)ccn1C. The molecular weight excluding hydrogens is 402 g/mol. The van der Waals surface area contributed by atoms with E-state index >= 15 is 0 Å². The normalized spacial score (nSPS) is 30.0. The molecule has 160 valence electrons.